The van der Waals surface area contributed by atoms with E-state index in [9.17, 15) is 0 Å². The van der Waals surface area contributed by atoms with Crippen molar-refractivity contribution in [3.63, 3.8) is 0 Å². The van der Waals surface area contributed by atoms with Crippen molar-refractivity contribution in [3.8, 4) is 0 Å². The zero-order valence-corrected chi connectivity index (χ0v) is 5.67. The van der Waals surface area contributed by atoms with E-state index < -0.39 is 0 Å². The van der Waals surface area contributed by atoms with Gasteiger partial charge < -0.3 is 0 Å². The van der Waals surface area contributed by atoms with Gasteiger partial charge in [0, 0.05) is 11.8 Å². The van der Waals surface area contributed by atoms with E-state index in [-0.39, 0.29) is 12.4 Å². The highest BCUT2D eigenvalue weighted by Gasteiger charge is 1.84. The number of nitrogens with one attached hydrogen (secondary N) is 1. The molecule has 1 aromatic rings. The van der Waals surface area contributed by atoms with Crippen LogP contribution >= 0.6 is 24.0 Å². The largest absolute Gasteiger partial charge is 0.285 e. The standard InChI is InChI=1S/C4H5ClN2.ClH/c5-1-4-2-6-7-3-4;/h2-3H,1H2,(H,6,7);1H. The highest BCUT2D eigenvalue weighted by Crippen LogP contribution is 1.96. The minimum Gasteiger partial charge on any atom is -0.285 e. The van der Waals surface area contributed by atoms with Gasteiger partial charge in [-0.15, -0.1) is 24.0 Å². The van der Waals surface area contributed by atoms with Crippen molar-refractivity contribution in [2.45, 2.75) is 5.88 Å². The lowest BCUT2D eigenvalue weighted by atomic mass is 10.4. The molecule has 0 radical (unpaired) electrons. The molecule has 0 saturated heterocycles. The van der Waals surface area contributed by atoms with Crippen LogP contribution in [0.15, 0.2) is 12.4 Å². The Balaban J connectivity index is 0.000000490. The van der Waals surface area contributed by atoms with Gasteiger partial charge in [0.2, 0.25) is 0 Å². The Kier molecular flexibility index (Phi) is 3.65. The molecule has 1 heterocycles. The number of halogens is 2. The summed E-state index contributed by atoms with van der Waals surface area (Å²) in [6.45, 7) is 0. The minimum atomic E-state index is 0. The molecule has 0 aromatic carbocycles. The van der Waals surface area contributed by atoms with Crippen LogP contribution in [-0.4, -0.2) is 10.2 Å². The summed E-state index contributed by atoms with van der Waals surface area (Å²) in [6, 6.07) is 0. The zero-order chi connectivity index (χ0) is 5.11. The highest BCUT2D eigenvalue weighted by molar-refractivity contribution is 6.17. The third-order valence-corrected chi connectivity index (χ3v) is 1.02. The third-order valence-electron chi connectivity index (χ3n) is 0.709. The van der Waals surface area contributed by atoms with Crippen molar-refractivity contribution in [1.82, 2.24) is 10.2 Å². The number of hydrogen-bond acceptors (Lipinski definition) is 1. The SMILES string of the molecule is Cl.ClCc1cn[nH]c1. The van der Waals surface area contributed by atoms with Gasteiger partial charge in [0.25, 0.3) is 0 Å². The molecule has 0 aliphatic heterocycles. The summed E-state index contributed by atoms with van der Waals surface area (Å²) in [5, 5.41) is 6.33. The van der Waals surface area contributed by atoms with Gasteiger partial charge in [-0.2, -0.15) is 5.10 Å². The third kappa shape index (κ3) is 1.72. The molecule has 0 saturated carbocycles. The van der Waals surface area contributed by atoms with Crippen LogP contribution in [0, 0.1) is 0 Å². The summed E-state index contributed by atoms with van der Waals surface area (Å²) in [5.74, 6) is 0.538. The number of aromatic nitrogens is 2. The van der Waals surface area contributed by atoms with E-state index in [4.69, 9.17) is 11.6 Å². The van der Waals surface area contributed by atoms with Gasteiger partial charge in [0.1, 0.15) is 0 Å². The molecular formula is C4H6Cl2N2. The first-order chi connectivity index (χ1) is 3.43. The molecule has 4 heteroatoms. The average Bonchev–Trinajstić information content (AvgIpc) is 2.14. The molecular weight excluding hydrogens is 147 g/mol. The van der Waals surface area contributed by atoms with Crippen molar-refractivity contribution >= 4 is 24.0 Å². The predicted molar refractivity (Wildman–Crippen MR) is 35.4 cm³/mol. The van der Waals surface area contributed by atoms with Crippen LogP contribution in [0.1, 0.15) is 5.56 Å². The maximum atomic E-state index is 5.41. The van der Waals surface area contributed by atoms with Crippen molar-refractivity contribution in [3.05, 3.63) is 18.0 Å². The predicted octanol–water partition coefficient (Wildman–Crippen LogP) is 1.57. The summed E-state index contributed by atoms with van der Waals surface area (Å²) < 4.78 is 0. The van der Waals surface area contributed by atoms with Gasteiger partial charge in [0.05, 0.1) is 12.1 Å². The smallest absolute Gasteiger partial charge is 0.0531 e. The minimum absolute atomic E-state index is 0. The van der Waals surface area contributed by atoms with Gasteiger partial charge in [-0.3, -0.25) is 5.10 Å². The van der Waals surface area contributed by atoms with Gasteiger partial charge in [-0.25, -0.2) is 0 Å². The summed E-state index contributed by atoms with van der Waals surface area (Å²) in [6.07, 6.45) is 3.47. The highest BCUT2D eigenvalue weighted by atomic mass is 35.5. The Labute approximate surface area is 58.6 Å². The lowest BCUT2D eigenvalue weighted by Gasteiger charge is -1.74. The lowest BCUT2D eigenvalue weighted by Crippen LogP contribution is -1.63. The second kappa shape index (κ2) is 3.75. The van der Waals surface area contributed by atoms with Gasteiger partial charge in [0.15, 0.2) is 0 Å². The second-order valence-corrected chi connectivity index (χ2v) is 1.51. The number of nitrogens with zero attached hydrogens (tertiary/aromatic N) is 1. The fourth-order valence-electron chi connectivity index (χ4n) is 0.351. The van der Waals surface area contributed by atoms with E-state index in [1.165, 1.54) is 0 Å². The summed E-state index contributed by atoms with van der Waals surface area (Å²) in [7, 11) is 0. The first kappa shape index (κ1) is 7.79. The van der Waals surface area contributed by atoms with E-state index >= 15 is 0 Å². The first-order valence-electron chi connectivity index (χ1n) is 1.97. The fourth-order valence-corrected chi connectivity index (χ4v) is 0.497. The maximum absolute atomic E-state index is 5.41. The molecule has 1 N–H and O–H groups in total. The quantitative estimate of drug-likeness (QED) is 0.609. The van der Waals surface area contributed by atoms with Crippen LogP contribution in [0.25, 0.3) is 0 Å². The van der Waals surface area contributed by atoms with Crippen LogP contribution < -0.4 is 0 Å². The van der Waals surface area contributed by atoms with Crippen LogP contribution in [0.2, 0.25) is 0 Å². The average molecular weight is 153 g/mol. The molecule has 8 heavy (non-hydrogen) atoms. The number of H-pyrrole nitrogens is 1. The summed E-state index contributed by atoms with van der Waals surface area (Å²) in [4.78, 5) is 0. The molecule has 0 bridgehead atoms. The number of aromatic amines is 1. The molecule has 0 aliphatic carbocycles. The van der Waals surface area contributed by atoms with Crippen molar-refractivity contribution in [2.24, 2.45) is 0 Å². The molecule has 0 fully saturated rings. The summed E-state index contributed by atoms with van der Waals surface area (Å²) >= 11 is 5.41. The molecule has 0 spiro atoms. The maximum Gasteiger partial charge on any atom is 0.0531 e. The molecule has 0 amide bonds. The number of alkyl halides is 1. The van der Waals surface area contributed by atoms with Crippen molar-refractivity contribution in [2.75, 3.05) is 0 Å². The van der Waals surface area contributed by atoms with Crippen LogP contribution in [0.4, 0.5) is 0 Å². The summed E-state index contributed by atoms with van der Waals surface area (Å²) in [5.41, 5.74) is 1.03. The fraction of sp³-hybridized carbons (Fsp3) is 0.250. The second-order valence-electron chi connectivity index (χ2n) is 1.24. The first-order valence-corrected chi connectivity index (χ1v) is 2.50. The molecule has 2 nitrogen and oxygen atoms in total. The molecule has 0 aliphatic rings. The zero-order valence-electron chi connectivity index (χ0n) is 4.10. The lowest BCUT2D eigenvalue weighted by molar-refractivity contribution is 1.09. The van der Waals surface area contributed by atoms with Crippen molar-refractivity contribution < 1.29 is 0 Å². The van der Waals surface area contributed by atoms with E-state index in [1.54, 1.807) is 12.4 Å². The molecule has 46 valence electrons. The van der Waals surface area contributed by atoms with Crippen LogP contribution in [-0.2, 0) is 5.88 Å². The topological polar surface area (TPSA) is 28.7 Å². The van der Waals surface area contributed by atoms with E-state index in [0.29, 0.717) is 5.88 Å². The number of rotatable bonds is 1. The molecule has 1 rings (SSSR count). The molecule has 1 aromatic heterocycles. The van der Waals surface area contributed by atoms with E-state index in [1.807, 2.05) is 0 Å². The monoisotopic (exact) mass is 152 g/mol. The number of hydrogen-bond donors (Lipinski definition) is 1. The molecule has 0 unspecified atom stereocenters. The Hall–Kier alpha value is -0.210. The van der Waals surface area contributed by atoms with Crippen LogP contribution in [0.5, 0.6) is 0 Å². The van der Waals surface area contributed by atoms with Gasteiger partial charge in [-0.05, 0) is 0 Å². The van der Waals surface area contributed by atoms with E-state index in [0.717, 1.165) is 5.56 Å². The van der Waals surface area contributed by atoms with Gasteiger partial charge >= 0.3 is 0 Å². The Morgan fingerprint density at radius 3 is 2.75 bits per heavy atom. The van der Waals surface area contributed by atoms with Gasteiger partial charge in [-0.1, -0.05) is 0 Å². The van der Waals surface area contributed by atoms with Crippen molar-refractivity contribution in [1.29, 1.82) is 0 Å². The Morgan fingerprint density at radius 2 is 2.50 bits per heavy atom. The van der Waals surface area contributed by atoms with E-state index in [2.05, 4.69) is 10.2 Å². The normalized spacial score (nSPS) is 8.12. The van der Waals surface area contributed by atoms with Crippen LogP contribution in [0.3, 0.4) is 0 Å². The molecule has 0 atom stereocenters. The Bertz CT molecular complexity index is 127. The Morgan fingerprint density at radius 1 is 1.75 bits per heavy atom.